The van der Waals surface area contributed by atoms with E-state index in [1.54, 1.807) is 24.3 Å². The molecule has 190 valence electrons. The number of sulfonamides is 1. The fourth-order valence-corrected chi connectivity index (χ4v) is 6.18. The predicted molar refractivity (Wildman–Crippen MR) is 144 cm³/mol. The van der Waals surface area contributed by atoms with Gasteiger partial charge in [-0.05, 0) is 61.1 Å². The Morgan fingerprint density at radius 2 is 1.81 bits per heavy atom. The number of fused-ring (bicyclic) bond motifs is 1. The second kappa shape index (κ2) is 10.2. The summed E-state index contributed by atoms with van der Waals surface area (Å²) in [5.41, 5.74) is 2.93. The van der Waals surface area contributed by atoms with Crippen LogP contribution in [-0.2, 0) is 10.0 Å². The summed E-state index contributed by atoms with van der Waals surface area (Å²) in [6.07, 6.45) is 6.78. The number of furan rings is 1. The number of benzene rings is 3. The molecule has 0 saturated heterocycles. The zero-order valence-corrected chi connectivity index (χ0v) is 21.1. The summed E-state index contributed by atoms with van der Waals surface area (Å²) in [5.74, 6) is -0.547. The van der Waals surface area contributed by atoms with Crippen molar-refractivity contribution in [3.8, 4) is 22.5 Å². The molecule has 2 N–H and O–H groups in total. The molecule has 1 heterocycles. The maximum absolute atomic E-state index is 13.6. The minimum Gasteiger partial charge on any atom is -0.455 e. The van der Waals surface area contributed by atoms with Crippen molar-refractivity contribution in [3.63, 3.8) is 0 Å². The van der Waals surface area contributed by atoms with Crippen molar-refractivity contribution in [2.45, 2.75) is 19.3 Å². The Balaban J connectivity index is 1.67. The third-order valence-electron chi connectivity index (χ3n) is 6.53. The van der Waals surface area contributed by atoms with Gasteiger partial charge in [0.15, 0.2) is 0 Å². The number of rotatable bonds is 7. The average Bonchev–Trinajstić information content (AvgIpc) is 3.27. The molecular formula is C29H27FN2O4S. The van der Waals surface area contributed by atoms with Crippen LogP contribution in [0.2, 0.25) is 0 Å². The molecule has 1 amide bonds. The minimum atomic E-state index is -3.68. The van der Waals surface area contributed by atoms with Crippen LogP contribution in [0.25, 0.3) is 33.4 Å². The SMILES string of the molecule is CNC(=O)c1c(-c2ccc(F)cc2)oc2cc(NS(=O)(=O)CC3C=CCCC3)c(-c3ccccc3)cc12. The molecule has 5 rings (SSSR count). The minimum absolute atomic E-state index is 0.0156. The number of hydrogen-bond acceptors (Lipinski definition) is 4. The third-order valence-corrected chi connectivity index (χ3v) is 7.92. The van der Waals surface area contributed by atoms with Gasteiger partial charge in [0.05, 0.1) is 17.0 Å². The van der Waals surface area contributed by atoms with Crippen molar-refractivity contribution in [1.82, 2.24) is 5.32 Å². The second-order valence-electron chi connectivity index (χ2n) is 9.15. The van der Waals surface area contributed by atoms with Crippen LogP contribution in [0.4, 0.5) is 10.1 Å². The lowest BCUT2D eigenvalue weighted by atomic mass is 9.98. The highest BCUT2D eigenvalue weighted by Crippen LogP contribution is 2.40. The lowest BCUT2D eigenvalue weighted by Crippen LogP contribution is -2.23. The van der Waals surface area contributed by atoms with Crippen molar-refractivity contribution in [2.24, 2.45) is 5.92 Å². The van der Waals surface area contributed by atoms with Gasteiger partial charge in [-0.25, -0.2) is 12.8 Å². The van der Waals surface area contributed by atoms with Crippen LogP contribution in [0.5, 0.6) is 0 Å². The fourth-order valence-electron chi connectivity index (χ4n) is 4.75. The van der Waals surface area contributed by atoms with Crippen LogP contribution in [0.15, 0.2) is 83.3 Å². The number of halogens is 1. The van der Waals surface area contributed by atoms with E-state index in [0.717, 1.165) is 24.8 Å². The Labute approximate surface area is 215 Å². The molecule has 0 bridgehead atoms. The van der Waals surface area contributed by atoms with Gasteiger partial charge in [-0.15, -0.1) is 0 Å². The molecule has 1 unspecified atom stereocenters. The highest BCUT2D eigenvalue weighted by atomic mass is 32.2. The van der Waals surface area contributed by atoms with Gasteiger partial charge in [0.1, 0.15) is 17.2 Å². The van der Waals surface area contributed by atoms with E-state index in [9.17, 15) is 17.6 Å². The van der Waals surface area contributed by atoms with Crippen molar-refractivity contribution < 1.29 is 22.0 Å². The summed E-state index contributed by atoms with van der Waals surface area (Å²) in [6.45, 7) is 0. The number of nitrogens with one attached hydrogen (secondary N) is 2. The summed E-state index contributed by atoms with van der Waals surface area (Å²) in [7, 11) is -2.15. The monoisotopic (exact) mass is 518 g/mol. The Morgan fingerprint density at radius 3 is 2.49 bits per heavy atom. The molecule has 0 spiro atoms. The normalized spacial score (nSPS) is 15.6. The summed E-state index contributed by atoms with van der Waals surface area (Å²) in [6, 6.07) is 18.4. The van der Waals surface area contributed by atoms with Crippen molar-refractivity contribution in [3.05, 3.63) is 90.3 Å². The smallest absolute Gasteiger partial charge is 0.255 e. The van der Waals surface area contributed by atoms with Crippen LogP contribution in [0.1, 0.15) is 29.6 Å². The molecule has 37 heavy (non-hydrogen) atoms. The molecule has 1 aromatic heterocycles. The van der Waals surface area contributed by atoms with E-state index in [-0.39, 0.29) is 23.3 Å². The maximum Gasteiger partial charge on any atom is 0.255 e. The van der Waals surface area contributed by atoms with Gasteiger partial charge in [-0.3, -0.25) is 9.52 Å². The van der Waals surface area contributed by atoms with Crippen molar-refractivity contribution in [1.29, 1.82) is 0 Å². The van der Waals surface area contributed by atoms with Gasteiger partial charge >= 0.3 is 0 Å². The summed E-state index contributed by atoms with van der Waals surface area (Å²) in [5, 5.41) is 3.17. The third kappa shape index (κ3) is 5.29. The Kier molecular flexibility index (Phi) is 6.84. The van der Waals surface area contributed by atoms with Gasteiger partial charge in [-0.1, -0.05) is 42.5 Å². The molecule has 8 heteroatoms. The lowest BCUT2D eigenvalue weighted by molar-refractivity contribution is 0.0964. The van der Waals surface area contributed by atoms with Gasteiger partial charge < -0.3 is 9.73 Å². The van der Waals surface area contributed by atoms with Crippen molar-refractivity contribution in [2.75, 3.05) is 17.5 Å². The highest BCUT2D eigenvalue weighted by Gasteiger charge is 2.25. The lowest BCUT2D eigenvalue weighted by Gasteiger charge is -2.18. The molecule has 1 aliphatic rings. The molecule has 0 fully saturated rings. The molecule has 4 aromatic rings. The summed E-state index contributed by atoms with van der Waals surface area (Å²) < 4.78 is 48.8. The maximum atomic E-state index is 13.6. The topological polar surface area (TPSA) is 88.4 Å². The number of carbonyl (C=O) groups excluding carboxylic acids is 1. The highest BCUT2D eigenvalue weighted by molar-refractivity contribution is 7.92. The van der Waals surface area contributed by atoms with Crippen LogP contribution in [0, 0.1) is 11.7 Å². The van der Waals surface area contributed by atoms with Gasteiger partial charge in [0.25, 0.3) is 5.91 Å². The standard InChI is InChI=1S/C29H27FN2O4S/c1-31-29(33)27-24-16-23(20-10-6-3-7-11-20)25(32-37(34,35)18-19-8-4-2-5-9-19)17-26(24)36-28(27)21-12-14-22(30)15-13-21/h3-4,6-8,10-17,19,32H,2,5,9,18H2,1H3,(H,31,33). The number of hydrogen-bond donors (Lipinski definition) is 2. The van der Waals surface area contributed by atoms with E-state index in [1.807, 2.05) is 42.5 Å². The first-order valence-electron chi connectivity index (χ1n) is 12.2. The Bertz CT molecular complexity index is 1580. The van der Waals surface area contributed by atoms with E-state index in [4.69, 9.17) is 4.42 Å². The Morgan fingerprint density at radius 1 is 1.05 bits per heavy atom. The molecule has 6 nitrogen and oxygen atoms in total. The van der Waals surface area contributed by atoms with Gasteiger partial charge in [0.2, 0.25) is 10.0 Å². The predicted octanol–water partition coefficient (Wildman–Crippen LogP) is 6.36. The first-order valence-corrected chi connectivity index (χ1v) is 13.8. The zero-order chi connectivity index (χ0) is 26.0. The van der Waals surface area contributed by atoms with Crippen molar-refractivity contribution >= 4 is 32.6 Å². The van der Waals surface area contributed by atoms with Crippen LogP contribution in [0.3, 0.4) is 0 Å². The van der Waals surface area contributed by atoms with E-state index < -0.39 is 15.8 Å². The Hall–Kier alpha value is -3.91. The number of amides is 1. The molecule has 1 aliphatic carbocycles. The quantitative estimate of drug-likeness (QED) is 0.279. The molecule has 3 aromatic carbocycles. The first-order chi connectivity index (χ1) is 17.8. The van der Waals surface area contributed by atoms with E-state index >= 15 is 0 Å². The van der Waals surface area contributed by atoms with Gasteiger partial charge in [-0.2, -0.15) is 0 Å². The van der Waals surface area contributed by atoms with Crippen LogP contribution < -0.4 is 10.0 Å². The molecule has 1 atom stereocenters. The summed E-state index contributed by atoms with van der Waals surface area (Å²) in [4.78, 5) is 13.0. The van der Waals surface area contributed by atoms with Gasteiger partial charge in [0, 0.05) is 29.6 Å². The number of carbonyl (C=O) groups is 1. The first kappa shape index (κ1) is 24.8. The zero-order valence-electron chi connectivity index (χ0n) is 20.3. The number of allylic oxidation sites excluding steroid dienone is 2. The molecule has 0 saturated carbocycles. The molecular weight excluding hydrogens is 491 g/mol. The van der Waals surface area contributed by atoms with Crippen LogP contribution in [-0.4, -0.2) is 27.1 Å². The van der Waals surface area contributed by atoms with E-state index in [2.05, 4.69) is 10.0 Å². The van der Waals surface area contributed by atoms with E-state index in [0.29, 0.717) is 33.3 Å². The summed E-state index contributed by atoms with van der Waals surface area (Å²) >= 11 is 0. The molecule has 0 radical (unpaired) electrons. The fraction of sp³-hybridized carbons (Fsp3) is 0.207. The van der Waals surface area contributed by atoms with Crippen LogP contribution >= 0.6 is 0 Å². The van der Waals surface area contributed by atoms with E-state index in [1.165, 1.54) is 19.2 Å². The average molecular weight is 519 g/mol. The molecule has 0 aliphatic heterocycles. The number of anilines is 1. The largest absolute Gasteiger partial charge is 0.455 e. The second-order valence-corrected chi connectivity index (χ2v) is 10.9.